The summed E-state index contributed by atoms with van der Waals surface area (Å²) in [5.74, 6) is 1.65. The van der Waals surface area contributed by atoms with Crippen molar-refractivity contribution in [2.75, 3.05) is 11.0 Å². The van der Waals surface area contributed by atoms with Crippen molar-refractivity contribution in [1.82, 2.24) is 15.0 Å². The molecule has 0 fully saturated rings. The molecule has 0 bridgehead atoms. The fourth-order valence-corrected chi connectivity index (χ4v) is 4.11. The summed E-state index contributed by atoms with van der Waals surface area (Å²) in [6.45, 7) is 0.249. The number of sulfonamides is 1. The molecule has 0 saturated heterocycles. The minimum absolute atomic E-state index is 0.249. The SMILES string of the molecule is CS(=O)(=O)Nc1ccc(-n2cc(COc3ccc4ccccc4c3)nn2)cc1Oc1ccccc1. The average Bonchev–Trinajstić information content (AvgIpc) is 3.33. The normalized spacial score (nSPS) is 11.3. The van der Waals surface area contributed by atoms with E-state index in [1.807, 2.05) is 54.6 Å². The maximum Gasteiger partial charge on any atom is 0.229 e. The van der Waals surface area contributed by atoms with Gasteiger partial charge in [-0.15, -0.1) is 5.10 Å². The van der Waals surface area contributed by atoms with Crippen LogP contribution >= 0.6 is 0 Å². The number of hydrogen-bond donors (Lipinski definition) is 1. The number of benzene rings is 4. The lowest BCUT2D eigenvalue weighted by molar-refractivity contribution is 0.301. The van der Waals surface area contributed by atoms with Crippen molar-refractivity contribution >= 4 is 26.5 Å². The lowest BCUT2D eigenvalue weighted by Crippen LogP contribution is -2.10. The van der Waals surface area contributed by atoms with Crippen molar-refractivity contribution in [3.8, 4) is 22.9 Å². The highest BCUT2D eigenvalue weighted by Crippen LogP contribution is 2.32. The Kier molecular flexibility index (Phi) is 6.07. The van der Waals surface area contributed by atoms with Crippen LogP contribution in [0.5, 0.6) is 17.2 Å². The van der Waals surface area contributed by atoms with Crippen LogP contribution in [0.4, 0.5) is 5.69 Å². The van der Waals surface area contributed by atoms with Gasteiger partial charge in [-0.05, 0) is 47.2 Å². The van der Waals surface area contributed by atoms with E-state index < -0.39 is 10.0 Å². The van der Waals surface area contributed by atoms with Gasteiger partial charge >= 0.3 is 0 Å². The Morgan fingerprint density at radius 1 is 0.857 bits per heavy atom. The third-order valence-corrected chi connectivity index (χ3v) is 5.74. The molecule has 5 rings (SSSR count). The molecule has 176 valence electrons. The summed E-state index contributed by atoms with van der Waals surface area (Å²) in [5, 5.41) is 10.6. The third kappa shape index (κ3) is 5.59. The number of hydrogen-bond acceptors (Lipinski definition) is 6. The van der Waals surface area contributed by atoms with Crippen LogP contribution in [-0.2, 0) is 16.6 Å². The van der Waals surface area contributed by atoms with Gasteiger partial charge < -0.3 is 9.47 Å². The fraction of sp³-hybridized carbons (Fsp3) is 0.0769. The molecule has 35 heavy (non-hydrogen) atoms. The molecule has 0 aliphatic heterocycles. The average molecular weight is 487 g/mol. The second-order valence-electron chi connectivity index (χ2n) is 7.92. The molecule has 0 spiro atoms. The molecule has 0 aliphatic carbocycles. The van der Waals surface area contributed by atoms with Crippen LogP contribution in [-0.4, -0.2) is 29.7 Å². The molecule has 5 aromatic rings. The van der Waals surface area contributed by atoms with Crippen molar-refractivity contribution in [3.05, 3.63) is 103 Å². The van der Waals surface area contributed by atoms with Gasteiger partial charge in [-0.3, -0.25) is 4.72 Å². The Balaban J connectivity index is 1.36. The summed E-state index contributed by atoms with van der Waals surface area (Å²) in [6.07, 6.45) is 2.85. The predicted molar refractivity (Wildman–Crippen MR) is 135 cm³/mol. The molecular weight excluding hydrogens is 464 g/mol. The number of fused-ring (bicyclic) bond motifs is 1. The molecule has 0 radical (unpaired) electrons. The monoisotopic (exact) mass is 486 g/mol. The molecular formula is C26H22N4O4S. The largest absolute Gasteiger partial charge is 0.487 e. The molecule has 0 aliphatic rings. The van der Waals surface area contributed by atoms with E-state index in [0.717, 1.165) is 22.8 Å². The summed E-state index contributed by atoms with van der Waals surface area (Å²) in [7, 11) is -3.49. The second kappa shape index (κ2) is 9.47. The van der Waals surface area contributed by atoms with Gasteiger partial charge in [0.1, 0.15) is 23.8 Å². The van der Waals surface area contributed by atoms with Crippen LogP contribution in [0.1, 0.15) is 5.69 Å². The van der Waals surface area contributed by atoms with Crippen LogP contribution in [0.15, 0.2) is 97.2 Å². The van der Waals surface area contributed by atoms with Crippen molar-refractivity contribution in [3.63, 3.8) is 0 Å². The van der Waals surface area contributed by atoms with E-state index in [4.69, 9.17) is 9.47 Å². The van der Waals surface area contributed by atoms with Gasteiger partial charge in [0.25, 0.3) is 0 Å². The zero-order valence-corrected chi connectivity index (χ0v) is 19.6. The van der Waals surface area contributed by atoms with E-state index in [9.17, 15) is 8.42 Å². The summed E-state index contributed by atoms with van der Waals surface area (Å²) >= 11 is 0. The smallest absolute Gasteiger partial charge is 0.229 e. The number of ether oxygens (including phenoxy) is 2. The maximum atomic E-state index is 11.8. The van der Waals surface area contributed by atoms with Crippen molar-refractivity contribution in [1.29, 1.82) is 0 Å². The minimum Gasteiger partial charge on any atom is -0.487 e. The van der Waals surface area contributed by atoms with E-state index in [1.165, 1.54) is 0 Å². The minimum atomic E-state index is -3.49. The standard InChI is InChI=1S/C26H22N4O4S/c1-35(31,32)28-25-14-12-22(16-26(25)34-23-9-3-2-4-10-23)30-17-21(27-29-30)18-33-24-13-11-19-7-5-6-8-20(19)15-24/h2-17,28H,18H2,1H3. The first kappa shape index (κ1) is 22.4. The molecule has 8 nitrogen and oxygen atoms in total. The van der Waals surface area contributed by atoms with Gasteiger partial charge in [0.05, 0.1) is 23.8 Å². The van der Waals surface area contributed by atoms with Crippen molar-refractivity contribution in [2.45, 2.75) is 6.61 Å². The zero-order chi connectivity index (χ0) is 24.3. The van der Waals surface area contributed by atoms with Crippen LogP contribution in [0.25, 0.3) is 16.5 Å². The van der Waals surface area contributed by atoms with E-state index in [2.05, 4.69) is 21.1 Å². The topological polar surface area (TPSA) is 95.3 Å². The number of anilines is 1. The number of rotatable bonds is 8. The van der Waals surface area contributed by atoms with E-state index >= 15 is 0 Å². The van der Waals surface area contributed by atoms with Gasteiger partial charge in [-0.2, -0.15) is 0 Å². The highest BCUT2D eigenvalue weighted by molar-refractivity contribution is 7.92. The number of para-hydroxylation sites is 1. The van der Waals surface area contributed by atoms with Crippen molar-refractivity contribution < 1.29 is 17.9 Å². The third-order valence-electron chi connectivity index (χ3n) is 5.14. The highest BCUT2D eigenvalue weighted by Gasteiger charge is 2.13. The van der Waals surface area contributed by atoms with Crippen LogP contribution in [0.3, 0.4) is 0 Å². The van der Waals surface area contributed by atoms with E-state index in [0.29, 0.717) is 28.6 Å². The molecule has 1 heterocycles. The van der Waals surface area contributed by atoms with Gasteiger partial charge in [0, 0.05) is 6.07 Å². The van der Waals surface area contributed by atoms with Crippen LogP contribution in [0.2, 0.25) is 0 Å². The van der Waals surface area contributed by atoms with E-state index in [1.54, 1.807) is 41.2 Å². The lowest BCUT2D eigenvalue weighted by Gasteiger charge is -2.13. The molecule has 0 atom stereocenters. The maximum absolute atomic E-state index is 11.8. The molecule has 1 N–H and O–H groups in total. The van der Waals surface area contributed by atoms with Gasteiger partial charge in [0.15, 0.2) is 5.75 Å². The Morgan fingerprint density at radius 3 is 2.43 bits per heavy atom. The molecule has 0 unspecified atom stereocenters. The first-order valence-corrected chi connectivity index (χ1v) is 12.7. The molecule has 9 heteroatoms. The summed E-state index contributed by atoms with van der Waals surface area (Å²) in [5.41, 5.74) is 1.61. The van der Waals surface area contributed by atoms with Crippen molar-refractivity contribution in [2.24, 2.45) is 0 Å². The van der Waals surface area contributed by atoms with Gasteiger partial charge in [-0.1, -0.05) is 53.7 Å². The Hall–Kier alpha value is -4.37. The summed E-state index contributed by atoms with van der Waals surface area (Å²) in [4.78, 5) is 0. The molecule has 4 aromatic carbocycles. The second-order valence-corrected chi connectivity index (χ2v) is 9.67. The van der Waals surface area contributed by atoms with Crippen LogP contribution in [0, 0.1) is 0 Å². The molecule has 0 saturated carbocycles. The summed E-state index contributed by atoms with van der Waals surface area (Å²) in [6, 6.07) is 28.2. The predicted octanol–water partition coefficient (Wildman–Crippen LogP) is 5.16. The Bertz CT molecular complexity index is 1580. The van der Waals surface area contributed by atoms with Gasteiger partial charge in [-0.25, -0.2) is 13.1 Å². The highest BCUT2D eigenvalue weighted by atomic mass is 32.2. The number of nitrogens with zero attached hydrogens (tertiary/aromatic N) is 3. The zero-order valence-electron chi connectivity index (χ0n) is 18.8. The first-order valence-electron chi connectivity index (χ1n) is 10.8. The van der Waals surface area contributed by atoms with Gasteiger partial charge in [0.2, 0.25) is 10.0 Å². The fourth-order valence-electron chi connectivity index (χ4n) is 3.54. The van der Waals surface area contributed by atoms with E-state index in [-0.39, 0.29) is 6.61 Å². The Labute approximate surface area is 202 Å². The Morgan fingerprint density at radius 2 is 1.63 bits per heavy atom. The lowest BCUT2D eigenvalue weighted by atomic mass is 10.1. The summed E-state index contributed by atoms with van der Waals surface area (Å²) < 4.78 is 39.6. The molecule has 1 aromatic heterocycles. The number of aromatic nitrogens is 3. The first-order chi connectivity index (χ1) is 16.9. The number of nitrogens with one attached hydrogen (secondary N) is 1. The quantitative estimate of drug-likeness (QED) is 0.325. The van der Waals surface area contributed by atoms with Crippen LogP contribution < -0.4 is 14.2 Å². The molecule has 0 amide bonds.